The number of carbonyl (C=O) groups is 2. The van der Waals surface area contributed by atoms with Gasteiger partial charge in [0.1, 0.15) is 6.54 Å². The highest BCUT2D eigenvalue weighted by Gasteiger charge is 2.33. The van der Waals surface area contributed by atoms with E-state index in [1.807, 2.05) is 0 Å². The van der Waals surface area contributed by atoms with Crippen molar-refractivity contribution in [3.05, 3.63) is 18.5 Å². The van der Waals surface area contributed by atoms with Crippen LogP contribution < -0.4 is 5.32 Å². The van der Waals surface area contributed by atoms with Crippen molar-refractivity contribution in [2.24, 2.45) is 5.92 Å². The summed E-state index contributed by atoms with van der Waals surface area (Å²) in [6.07, 6.45) is 5.42. The van der Waals surface area contributed by atoms with E-state index < -0.39 is 0 Å². The third-order valence-electron chi connectivity index (χ3n) is 5.09. The summed E-state index contributed by atoms with van der Waals surface area (Å²) in [7, 11) is 1.65. The Bertz CT molecular complexity index is 571. The van der Waals surface area contributed by atoms with Crippen LogP contribution in [0.4, 0.5) is 0 Å². The SMILES string of the molecule is CNC(=O)[C@H]1CN(C(=O)Cn2cccn2)CCN(C2CCOCC2)C1. The van der Waals surface area contributed by atoms with Gasteiger partial charge in [0.2, 0.25) is 11.8 Å². The van der Waals surface area contributed by atoms with Crippen LogP contribution in [0.25, 0.3) is 0 Å². The number of nitrogens with zero attached hydrogens (tertiary/aromatic N) is 4. The first kappa shape index (κ1) is 17.9. The summed E-state index contributed by atoms with van der Waals surface area (Å²) >= 11 is 0. The van der Waals surface area contributed by atoms with Crippen LogP contribution in [-0.2, 0) is 20.9 Å². The third kappa shape index (κ3) is 4.58. The molecule has 1 aromatic rings. The van der Waals surface area contributed by atoms with E-state index in [1.165, 1.54) is 0 Å². The molecular formula is C17H27N5O3. The molecule has 2 amide bonds. The van der Waals surface area contributed by atoms with Gasteiger partial charge < -0.3 is 15.0 Å². The molecule has 0 aliphatic carbocycles. The molecule has 2 aliphatic rings. The van der Waals surface area contributed by atoms with Gasteiger partial charge in [0, 0.05) is 64.9 Å². The average Bonchev–Trinajstić information content (AvgIpc) is 3.04. The van der Waals surface area contributed by atoms with Crippen LogP contribution >= 0.6 is 0 Å². The Morgan fingerprint density at radius 1 is 1.24 bits per heavy atom. The second-order valence-corrected chi connectivity index (χ2v) is 6.69. The third-order valence-corrected chi connectivity index (χ3v) is 5.09. The number of amides is 2. The summed E-state index contributed by atoms with van der Waals surface area (Å²) in [6, 6.07) is 2.23. The van der Waals surface area contributed by atoms with Crippen molar-refractivity contribution >= 4 is 11.8 Å². The summed E-state index contributed by atoms with van der Waals surface area (Å²) in [5.74, 6) is -0.209. The van der Waals surface area contributed by atoms with E-state index in [2.05, 4.69) is 15.3 Å². The van der Waals surface area contributed by atoms with Crippen molar-refractivity contribution in [1.82, 2.24) is 24.9 Å². The molecule has 0 saturated carbocycles. The van der Waals surface area contributed by atoms with Gasteiger partial charge in [-0.3, -0.25) is 19.2 Å². The summed E-state index contributed by atoms with van der Waals surface area (Å²) in [6.45, 7) is 4.34. The zero-order valence-electron chi connectivity index (χ0n) is 14.8. The molecule has 2 saturated heterocycles. The fraction of sp³-hybridized carbons (Fsp3) is 0.706. The fourth-order valence-electron chi connectivity index (χ4n) is 3.65. The number of hydrogen-bond acceptors (Lipinski definition) is 5. The molecule has 0 spiro atoms. The van der Waals surface area contributed by atoms with Crippen LogP contribution in [0, 0.1) is 5.92 Å². The van der Waals surface area contributed by atoms with Crippen LogP contribution in [0.1, 0.15) is 12.8 Å². The average molecular weight is 349 g/mol. The van der Waals surface area contributed by atoms with Crippen molar-refractivity contribution in [2.45, 2.75) is 25.4 Å². The Morgan fingerprint density at radius 3 is 2.72 bits per heavy atom. The van der Waals surface area contributed by atoms with Gasteiger partial charge in [0.15, 0.2) is 0 Å². The monoisotopic (exact) mass is 349 g/mol. The molecular weight excluding hydrogens is 322 g/mol. The Hall–Kier alpha value is -1.93. The van der Waals surface area contributed by atoms with Gasteiger partial charge in [-0.1, -0.05) is 0 Å². The number of nitrogens with one attached hydrogen (secondary N) is 1. The standard InChI is InChI=1S/C17H27N5O3/c1-18-17(24)14-11-20(15-3-9-25-10-4-15)7-8-21(12-14)16(23)13-22-6-2-5-19-22/h2,5-6,14-15H,3-4,7-13H2,1H3,(H,18,24)/t14-/m1/s1. The minimum atomic E-state index is -0.211. The van der Waals surface area contributed by atoms with Crippen molar-refractivity contribution < 1.29 is 14.3 Å². The Balaban J connectivity index is 1.68. The van der Waals surface area contributed by atoms with E-state index in [0.717, 1.165) is 32.6 Å². The van der Waals surface area contributed by atoms with Gasteiger partial charge in [-0.2, -0.15) is 5.10 Å². The maximum Gasteiger partial charge on any atom is 0.244 e. The minimum Gasteiger partial charge on any atom is -0.381 e. The highest BCUT2D eigenvalue weighted by atomic mass is 16.5. The van der Waals surface area contributed by atoms with Crippen LogP contribution in [0.15, 0.2) is 18.5 Å². The number of carbonyl (C=O) groups excluding carboxylic acids is 2. The molecule has 2 aliphatic heterocycles. The van der Waals surface area contributed by atoms with E-state index in [4.69, 9.17) is 4.74 Å². The maximum absolute atomic E-state index is 12.7. The second-order valence-electron chi connectivity index (χ2n) is 6.69. The van der Waals surface area contributed by atoms with Crippen LogP contribution in [0.5, 0.6) is 0 Å². The molecule has 0 aromatic carbocycles. The number of ether oxygens (including phenoxy) is 1. The quantitative estimate of drug-likeness (QED) is 0.798. The molecule has 0 radical (unpaired) electrons. The largest absolute Gasteiger partial charge is 0.381 e. The van der Waals surface area contributed by atoms with E-state index in [1.54, 1.807) is 35.1 Å². The lowest BCUT2D eigenvalue weighted by atomic mass is 10.0. The summed E-state index contributed by atoms with van der Waals surface area (Å²) in [5, 5.41) is 6.84. The molecule has 8 nitrogen and oxygen atoms in total. The van der Waals surface area contributed by atoms with Gasteiger partial charge in [-0.05, 0) is 18.9 Å². The molecule has 3 heterocycles. The molecule has 0 bridgehead atoms. The zero-order valence-corrected chi connectivity index (χ0v) is 14.8. The number of rotatable bonds is 4. The maximum atomic E-state index is 12.7. The number of hydrogen-bond donors (Lipinski definition) is 1. The molecule has 1 atom stereocenters. The van der Waals surface area contributed by atoms with Gasteiger partial charge >= 0.3 is 0 Å². The van der Waals surface area contributed by atoms with E-state index in [-0.39, 0.29) is 24.3 Å². The van der Waals surface area contributed by atoms with Crippen molar-refractivity contribution in [1.29, 1.82) is 0 Å². The van der Waals surface area contributed by atoms with E-state index in [9.17, 15) is 9.59 Å². The molecule has 1 aromatic heterocycles. The minimum absolute atomic E-state index is 0.00384. The molecule has 2 fully saturated rings. The van der Waals surface area contributed by atoms with Crippen LogP contribution in [0.2, 0.25) is 0 Å². The summed E-state index contributed by atoms with van der Waals surface area (Å²) in [5.41, 5.74) is 0. The van der Waals surface area contributed by atoms with Crippen LogP contribution in [-0.4, -0.2) is 83.9 Å². The first-order valence-corrected chi connectivity index (χ1v) is 8.96. The molecule has 138 valence electrons. The number of aromatic nitrogens is 2. The second kappa shape index (κ2) is 8.44. The van der Waals surface area contributed by atoms with Gasteiger partial charge in [-0.15, -0.1) is 0 Å². The fourth-order valence-corrected chi connectivity index (χ4v) is 3.65. The smallest absolute Gasteiger partial charge is 0.244 e. The highest BCUT2D eigenvalue weighted by molar-refractivity contribution is 5.81. The van der Waals surface area contributed by atoms with Gasteiger partial charge in [-0.25, -0.2) is 0 Å². The normalized spacial score (nSPS) is 23.2. The van der Waals surface area contributed by atoms with Gasteiger partial charge in [0.25, 0.3) is 0 Å². The van der Waals surface area contributed by atoms with Crippen molar-refractivity contribution in [2.75, 3.05) is 46.4 Å². The highest BCUT2D eigenvalue weighted by Crippen LogP contribution is 2.19. The molecule has 1 N–H and O–H groups in total. The zero-order chi connectivity index (χ0) is 17.6. The topological polar surface area (TPSA) is 79.7 Å². The first-order valence-electron chi connectivity index (χ1n) is 8.96. The molecule has 8 heteroatoms. The first-order chi connectivity index (χ1) is 12.2. The van der Waals surface area contributed by atoms with Gasteiger partial charge in [0.05, 0.1) is 5.92 Å². The van der Waals surface area contributed by atoms with E-state index in [0.29, 0.717) is 25.7 Å². The van der Waals surface area contributed by atoms with Crippen molar-refractivity contribution in [3.63, 3.8) is 0 Å². The van der Waals surface area contributed by atoms with Crippen LogP contribution in [0.3, 0.4) is 0 Å². The Morgan fingerprint density at radius 2 is 2.04 bits per heavy atom. The molecule has 3 rings (SSSR count). The predicted molar refractivity (Wildman–Crippen MR) is 91.8 cm³/mol. The summed E-state index contributed by atoms with van der Waals surface area (Å²) in [4.78, 5) is 29.1. The van der Waals surface area contributed by atoms with E-state index >= 15 is 0 Å². The lowest BCUT2D eigenvalue weighted by Crippen LogP contribution is -2.45. The Labute approximate surface area is 148 Å². The molecule has 25 heavy (non-hydrogen) atoms. The lowest BCUT2D eigenvalue weighted by molar-refractivity contribution is -0.133. The lowest BCUT2D eigenvalue weighted by Gasteiger charge is -2.34. The predicted octanol–water partition coefficient (Wildman–Crippen LogP) is -0.431. The Kier molecular flexibility index (Phi) is 6.04. The molecule has 0 unspecified atom stereocenters. The summed E-state index contributed by atoms with van der Waals surface area (Å²) < 4.78 is 7.08. The van der Waals surface area contributed by atoms with Crippen molar-refractivity contribution in [3.8, 4) is 0 Å².